The topological polar surface area (TPSA) is 69.2 Å². The van der Waals surface area contributed by atoms with Gasteiger partial charge >= 0.3 is 0 Å². The number of hydrogen-bond acceptors (Lipinski definition) is 4. The van der Waals surface area contributed by atoms with Crippen LogP contribution in [0.25, 0.3) is 0 Å². The molecule has 5 heteroatoms. The Bertz CT molecular complexity index is 1120. The summed E-state index contributed by atoms with van der Waals surface area (Å²) in [6.45, 7) is 0. The average Bonchev–Trinajstić information content (AvgIpc) is 2.67. The number of nitrogens with zero attached hydrogens (tertiary/aromatic N) is 1. The van der Waals surface area contributed by atoms with Crippen molar-refractivity contribution in [3.63, 3.8) is 0 Å². The Morgan fingerprint density at radius 1 is 0.815 bits per heavy atom. The van der Waals surface area contributed by atoms with Gasteiger partial charge in [-0.25, -0.2) is 0 Å². The molecule has 0 aromatic heterocycles. The standard InChI is InChI=1S/C22H14N2O2S/c23-21-14-19(11-7-17-8-12-20(27)13-9-17)22(24(25)26)15-18(21)10-6-16-4-2-1-3-5-16/h1-5,8-9,12-15,27H,23H2. The van der Waals surface area contributed by atoms with Crippen LogP contribution in [0, 0.1) is 33.8 Å². The molecule has 0 heterocycles. The van der Waals surface area contributed by atoms with Crippen LogP contribution >= 0.6 is 12.6 Å². The van der Waals surface area contributed by atoms with Crippen molar-refractivity contribution in [1.29, 1.82) is 0 Å². The van der Waals surface area contributed by atoms with E-state index >= 15 is 0 Å². The van der Waals surface area contributed by atoms with E-state index in [1.54, 1.807) is 24.3 Å². The van der Waals surface area contributed by atoms with Crippen LogP contribution < -0.4 is 5.73 Å². The van der Waals surface area contributed by atoms with Crippen LogP contribution in [0.1, 0.15) is 22.3 Å². The lowest BCUT2D eigenvalue weighted by atomic mass is 10.1. The SMILES string of the molecule is Nc1cc(C#Cc2ccc(S)cc2)c([N+](=O)[O-])cc1C#Cc1ccccc1. The van der Waals surface area contributed by atoms with E-state index in [9.17, 15) is 10.1 Å². The van der Waals surface area contributed by atoms with Gasteiger partial charge in [-0.15, -0.1) is 12.6 Å². The third-order valence-corrected chi connectivity index (χ3v) is 3.99. The third-order valence-electron chi connectivity index (χ3n) is 3.69. The molecule has 0 bridgehead atoms. The number of nitrogens with two attached hydrogens (primary N) is 1. The molecule has 27 heavy (non-hydrogen) atoms. The van der Waals surface area contributed by atoms with Crippen molar-refractivity contribution in [2.45, 2.75) is 4.90 Å². The second kappa shape index (κ2) is 8.14. The summed E-state index contributed by atoms with van der Waals surface area (Å²) in [5.74, 6) is 11.6. The fourth-order valence-electron chi connectivity index (χ4n) is 2.31. The highest BCUT2D eigenvalue weighted by molar-refractivity contribution is 7.80. The highest BCUT2D eigenvalue weighted by atomic mass is 32.1. The van der Waals surface area contributed by atoms with E-state index in [0.29, 0.717) is 11.3 Å². The van der Waals surface area contributed by atoms with Gasteiger partial charge in [0.05, 0.1) is 10.5 Å². The van der Waals surface area contributed by atoms with Crippen molar-refractivity contribution in [1.82, 2.24) is 0 Å². The van der Waals surface area contributed by atoms with E-state index < -0.39 is 4.92 Å². The lowest BCUT2D eigenvalue weighted by Gasteiger charge is -2.01. The van der Waals surface area contributed by atoms with Crippen LogP contribution in [0.3, 0.4) is 0 Å². The zero-order valence-electron chi connectivity index (χ0n) is 14.1. The minimum Gasteiger partial charge on any atom is -0.398 e. The molecule has 3 rings (SSSR count). The number of nitrogen functional groups attached to an aromatic ring is 1. The first-order valence-corrected chi connectivity index (χ1v) is 8.44. The number of rotatable bonds is 1. The summed E-state index contributed by atoms with van der Waals surface area (Å²) in [6.07, 6.45) is 0. The molecule has 0 saturated carbocycles. The predicted octanol–water partition coefficient (Wildman–Crippen LogP) is 4.27. The molecule has 0 aliphatic heterocycles. The first kappa shape index (κ1) is 18.1. The molecule has 3 aromatic carbocycles. The molecule has 0 saturated heterocycles. The van der Waals surface area contributed by atoms with Crippen LogP contribution in [0.5, 0.6) is 0 Å². The van der Waals surface area contributed by atoms with Gasteiger partial charge in [0.2, 0.25) is 0 Å². The third kappa shape index (κ3) is 4.70. The van der Waals surface area contributed by atoms with Gasteiger partial charge < -0.3 is 5.73 Å². The zero-order valence-corrected chi connectivity index (χ0v) is 15.0. The molecular formula is C22H14N2O2S. The Morgan fingerprint density at radius 2 is 1.41 bits per heavy atom. The van der Waals surface area contributed by atoms with Gasteiger partial charge in [0.25, 0.3) is 5.69 Å². The lowest BCUT2D eigenvalue weighted by molar-refractivity contribution is -0.385. The Kier molecular flexibility index (Phi) is 5.47. The van der Waals surface area contributed by atoms with Crippen LogP contribution in [0.4, 0.5) is 11.4 Å². The van der Waals surface area contributed by atoms with Crippen molar-refractivity contribution >= 4 is 24.0 Å². The monoisotopic (exact) mass is 370 g/mol. The highest BCUT2D eigenvalue weighted by Crippen LogP contribution is 2.24. The summed E-state index contributed by atoms with van der Waals surface area (Å²) in [7, 11) is 0. The van der Waals surface area contributed by atoms with Crippen LogP contribution in [-0.2, 0) is 0 Å². The molecule has 0 atom stereocenters. The number of anilines is 1. The number of nitro groups is 1. The second-order valence-electron chi connectivity index (χ2n) is 5.63. The van der Waals surface area contributed by atoms with Crippen molar-refractivity contribution in [2.75, 3.05) is 5.73 Å². The van der Waals surface area contributed by atoms with Gasteiger partial charge in [-0.2, -0.15) is 0 Å². The summed E-state index contributed by atoms with van der Waals surface area (Å²) in [5.41, 5.74) is 8.44. The summed E-state index contributed by atoms with van der Waals surface area (Å²) in [5, 5.41) is 11.5. The largest absolute Gasteiger partial charge is 0.398 e. The normalized spacial score (nSPS) is 9.52. The fourth-order valence-corrected chi connectivity index (χ4v) is 2.46. The van der Waals surface area contributed by atoms with Crippen molar-refractivity contribution in [2.24, 2.45) is 0 Å². The Labute approximate surface area is 162 Å². The van der Waals surface area contributed by atoms with Gasteiger partial charge in [0, 0.05) is 27.8 Å². The smallest absolute Gasteiger partial charge is 0.286 e. The Balaban J connectivity index is 1.99. The van der Waals surface area contributed by atoms with Crippen LogP contribution in [0.2, 0.25) is 0 Å². The molecule has 0 unspecified atom stereocenters. The molecule has 130 valence electrons. The van der Waals surface area contributed by atoms with E-state index in [1.807, 2.05) is 30.3 Å². The van der Waals surface area contributed by atoms with Gasteiger partial charge in [0.15, 0.2) is 0 Å². The van der Waals surface area contributed by atoms with Crippen LogP contribution in [0.15, 0.2) is 71.6 Å². The molecule has 2 N–H and O–H groups in total. The number of thiol groups is 1. The zero-order chi connectivity index (χ0) is 19.2. The quantitative estimate of drug-likeness (QED) is 0.221. The number of hydrogen-bond donors (Lipinski definition) is 2. The summed E-state index contributed by atoms with van der Waals surface area (Å²) in [6, 6.07) is 19.4. The average molecular weight is 370 g/mol. The minimum atomic E-state index is -0.478. The molecule has 0 aliphatic carbocycles. The predicted molar refractivity (Wildman–Crippen MR) is 110 cm³/mol. The molecule has 3 aromatic rings. The van der Waals surface area contributed by atoms with Crippen molar-refractivity contribution < 1.29 is 4.92 Å². The van der Waals surface area contributed by atoms with Gasteiger partial charge in [0.1, 0.15) is 5.56 Å². The maximum absolute atomic E-state index is 11.5. The van der Waals surface area contributed by atoms with E-state index in [1.165, 1.54) is 12.1 Å². The van der Waals surface area contributed by atoms with Gasteiger partial charge in [-0.3, -0.25) is 10.1 Å². The second-order valence-corrected chi connectivity index (χ2v) is 6.14. The fraction of sp³-hybridized carbons (Fsp3) is 0. The van der Waals surface area contributed by atoms with Crippen molar-refractivity contribution in [3.8, 4) is 23.7 Å². The molecule has 0 spiro atoms. The summed E-state index contributed by atoms with van der Waals surface area (Å²) >= 11 is 4.22. The van der Waals surface area contributed by atoms with Gasteiger partial charge in [-0.05, 0) is 42.5 Å². The molecular weight excluding hydrogens is 356 g/mol. The van der Waals surface area contributed by atoms with Crippen molar-refractivity contribution in [3.05, 3.63) is 99.1 Å². The highest BCUT2D eigenvalue weighted by Gasteiger charge is 2.15. The Morgan fingerprint density at radius 3 is 2.04 bits per heavy atom. The Hall–Kier alpha value is -3.67. The molecule has 0 fully saturated rings. The van der Waals surface area contributed by atoms with Gasteiger partial charge in [-0.1, -0.05) is 41.9 Å². The number of nitro benzene ring substituents is 1. The molecule has 4 nitrogen and oxygen atoms in total. The first-order valence-electron chi connectivity index (χ1n) is 7.99. The van der Waals surface area contributed by atoms with E-state index in [0.717, 1.165) is 16.0 Å². The lowest BCUT2D eigenvalue weighted by Crippen LogP contribution is -1.98. The minimum absolute atomic E-state index is 0.125. The molecule has 0 radical (unpaired) electrons. The van der Waals surface area contributed by atoms with Crippen LogP contribution in [-0.4, -0.2) is 4.92 Å². The molecule has 0 amide bonds. The van der Waals surface area contributed by atoms with E-state index in [-0.39, 0.29) is 11.3 Å². The molecule has 0 aliphatic rings. The maximum Gasteiger partial charge on any atom is 0.286 e. The summed E-state index contributed by atoms with van der Waals surface area (Å²) < 4.78 is 0. The van der Waals surface area contributed by atoms with E-state index in [4.69, 9.17) is 5.73 Å². The maximum atomic E-state index is 11.5. The summed E-state index contributed by atoms with van der Waals surface area (Å²) in [4.78, 5) is 11.8. The number of benzene rings is 3. The van der Waals surface area contributed by atoms with E-state index in [2.05, 4.69) is 36.3 Å². The first-order chi connectivity index (χ1) is 13.0.